The van der Waals surface area contributed by atoms with Crippen LogP contribution in [0.3, 0.4) is 0 Å². The minimum atomic E-state index is -0.202. The molecule has 0 aliphatic heterocycles. The Bertz CT molecular complexity index is 1720. The lowest BCUT2D eigenvalue weighted by Crippen LogP contribution is -2.30. The van der Waals surface area contributed by atoms with Gasteiger partial charge >= 0.3 is 0 Å². The number of furan rings is 1. The van der Waals surface area contributed by atoms with Gasteiger partial charge < -0.3 is 9.73 Å². The Kier molecular flexibility index (Phi) is 8.27. The summed E-state index contributed by atoms with van der Waals surface area (Å²) < 4.78 is 7.52. The van der Waals surface area contributed by atoms with Gasteiger partial charge in [-0.3, -0.25) is 9.36 Å². The first-order valence-electron chi connectivity index (χ1n) is 12.9. The molecule has 1 unspecified atom stereocenters. The monoisotopic (exact) mass is 597 g/mol. The van der Waals surface area contributed by atoms with Crippen LogP contribution in [0.5, 0.6) is 0 Å². The van der Waals surface area contributed by atoms with Crippen LogP contribution in [-0.4, -0.2) is 25.7 Å². The van der Waals surface area contributed by atoms with Crippen molar-refractivity contribution < 1.29 is 9.21 Å². The standard InChI is InChI=1S/C31H24ClN5O2S2/c32-23-13-15-24(16-14-23)37-29(27-12-7-17-39-27)35-36-31(37)41-20-28-33-26(19-40-28)30(38)34-25(22-10-5-2-6-11-22)18-21-8-3-1-4-9-21/h1-17,19,25H,18,20H2,(H,34,38). The van der Waals surface area contributed by atoms with Crippen LogP contribution in [0.4, 0.5) is 0 Å². The Labute approximate surface area is 250 Å². The van der Waals surface area contributed by atoms with Gasteiger partial charge in [0.1, 0.15) is 10.7 Å². The first-order chi connectivity index (χ1) is 20.1. The molecule has 0 bridgehead atoms. The van der Waals surface area contributed by atoms with Crippen LogP contribution in [0.15, 0.2) is 118 Å². The molecule has 1 N–H and O–H groups in total. The average molecular weight is 598 g/mol. The summed E-state index contributed by atoms with van der Waals surface area (Å²) in [6.07, 6.45) is 2.29. The molecule has 0 saturated heterocycles. The van der Waals surface area contributed by atoms with Crippen molar-refractivity contribution in [3.8, 4) is 17.3 Å². The number of thiazole rings is 1. The molecule has 6 aromatic rings. The molecule has 0 aliphatic rings. The fourth-order valence-electron chi connectivity index (χ4n) is 4.38. The van der Waals surface area contributed by atoms with Gasteiger partial charge in [0.2, 0.25) is 5.82 Å². The summed E-state index contributed by atoms with van der Waals surface area (Å²) in [5.74, 6) is 1.51. The molecule has 0 radical (unpaired) electrons. The van der Waals surface area contributed by atoms with Crippen LogP contribution >= 0.6 is 34.7 Å². The van der Waals surface area contributed by atoms with E-state index < -0.39 is 0 Å². The summed E-state index contributed by atoms with van der Waals surface area (Å²) >= 11 is 9.06. The lowest BCUT2D eigenvalue weighted by Gasteiger charge is -2.19. The molecule has 1 atom stereocenters. The fourth-order valence-corrected chi connectivity index (χ4v) is 6.25. The molecule has 0 saturated carbocycles. The highest BCUT2D eigenvalue weighted by atomic mass is 35.5. The number of carbonyl (C=O) groups excluding carboxylic acids is 1. The highest BCUT2D eigenvalue weighted by Gasteiger charge is 2.21. The molecule has 41 heavy (non-hydrogen) atoms. The van der Waals surface area contributed by atoms with Crippen molar-refractivity contribution in [1.82, 2.24) is 25.1 Å². The summed E-state index contributed by atoms with van der Waals surface area (Å²) in [5, 5.41) is 15.9. The van der Waals surface area contributed by atoms with Gasteiger partial charge in [0.25, 0.3) is 5.91 Å². The maximum Gasteiger partial charge on any atom is 0.271 e. The van der Waals surface area contributed by atoms with Crippen molar-refractivity contribution in [1.29, 1.82) is 0 Å². The van der Waals surface area contributed by atoms with E-state index in [1.54, 1.807) is 11.6 Å². The van der Waals surface area contributed by atoms with E-state index in [2.05, 4.69) is 32.6 Å². The molecular weight excluding hydrogens is 574 g/mol. The third kappa shape index (κ3) is 6.43. The molecule has 10 heteroatoms. The van der Waals surface area contributed by atoms with E-state index in [-0.39, 0.29) is 11.9 Å². The van der Waals surface area contributed by atoms with Crippen LogP contribution in [0.2, 0.25) is 5.02 Å². The van der Waals surface area contributed by atoms with Gasteiger partial charge in [-0.05, 0) is 53.9 Å². The fraction of sp³-hybridized carbons (Fsp3) is 0.0968. The summed E-state index contributed by atoms with van der Waals surface area (Å²) in [5.41, 5.74) is 3.45. The number of benzene rings is 3. The molecule has 0 fully saturated rings. The lowest BCUT2D eigenvalue weighted by atomic mass is 9.99. The van der Waals surface area contributed by atoms with Crippen molar-refractivity contribution in [2.75, 3.05) is 0 Å². The van der Waals surface area contributed by atoms with Gasteiger partial charge in [0, 0.05) is 16.1 Å². The Morgan fingerprint density at radius 2 is 1.71 bits per heavy atom. The average Bonchev–Trinajstić information content (AvgIpc) is 3.78. The number of hydrogen-bond acceptors (Lipinski definition) is 7. The number of thioether (sulfide) groups is 1. The summed E-state index contributed by atoms with van der Waals surface area (Å²) in [6, 6.07) is 31.1. The largest absolute Gasteiger partial charge is 0.461 e. The van der Waals surface area contributed by atoms with Crippen LogP contribution in [-0.2, 0) is 12.2 Å². The van der Waals surface area contributed by atoms with E-state index in [0.717, 1.165) is 21.8 Å². The normalized spacial score (nSPS) is 11.8. The van der Waals surface area contributed by atoms with Crippen molar-refractivity contribution in [3.63, 3.8) is 0 Å². The van der Waals surface area contributed by atoms with Gasteiger partial charge in [0.15, 0.2) is 10.9 Å². The predicted molar refractivity (Wildman–Crippen MR) is 163 cm³/mol. The Morgan fingerprint density at radius 3 is 2.44 bits per heavy atom. The van der Waals surface area contributed by atoms with Crippen molar-refractivity contribution in [2.24, 2.45) is 0 Å². The summed E-state index contributed by atoms with van der Waals surface area (Å²) in [4.78, 5) is 17.9. The first-order valence-corrected chi connectivity index (χ1v) is 15.1. The molecule has 204 valence electrons. The molecule has 3 heterocycles. The number of hydrogen-bond donors (Lipinski definition) is 1. The van der Waals surface area contributed by atoms with E-state index >= 15 is 0 Å². The van der Waals surface area contributed by atoms with E-state index in [4.69, 9.17) is 16.0 Å². The van der Waals surface area contributed by atoms with Gasteiger partial charge in [0.05, 0.1) is 18.1 Å². The number of halogens is 1. The Balaban J connectivity index is 1.18. The number of rotatable bonds is 10. The number of nitrogens with zero attached hydrogens (tertiary/aromatic N) is 4. The lowest BCUT2D eigenvalue weighted by molar-refractivity contribution is 0.0932. The van der Waals surface area contributed by atoms with Gasteiger partial charge in [-0.1, -0.05) is 84.0 Å². The Hall–Kier alpha value is -4.18. The SMILES string of the molecule is O=C(NC(Cc1ccccc1)c1ccccc1)c1csc(CSc2nnc(-c3ccco3)n2-c2ccc(Cl)cc2)n1. The van der Waals surface area contributed by atoms with Crippen molar-refractivity contribution in [2.45, 2.75) is 23.4 Å². The van der Waals surface area contributed by atoms with E-state index in [0.29, 0.717) is 39.6 Å². The molecule has 6 rings (SSSR count). The van der Waals surface area contributed by atoms with E-state index in [9.17, 15) is 4.79 Å². The highest BCUT2D eigenvalue weighted by molar-refractivity contribution is 7.98. The molecule has 1 amide bonds. The quantitative estimate of drug-likeness (QED) is 0.163. The molecule has 3 aromatic heterocycles. The second kappa shape index (κ2) is 12.6. The minimum Gasteiger partial charge on any atom is -0.461 e. The summed E-state index contributed by atoms with van der Waals surface area (Å²) in [6.45, 7) is 0. The van der Waals surface area contributed by atoms with Gasteiger partial charge in [-0.25, -0.2) is 4.98 Å². The molecular formula is C31H24ClN5O2S2. The smallest absolute Gasteiger partial charge is 0.271 e. The second-order valence-electron chi connectivity index (χ2n) is 9.14. The maximum absolute atomic E-state index is 13.3. The number of nitrogens with one attached hydrogen (secondary N) is 1. The highest BCUT2D eigenvalue weighted by Crippen LogP contribution is 2.31. The van der Waals surface area contributed by atoms with E-state index in [1.807, 2.05) is 89.5 Å². The zero-order chi connectivity index (χ0) is 28.0. The number of amides is 1. The number of aromatic nitrogens is 4. The molecule has 7 nitrogen and oxygen atoms in total. The predicted octanol–water partition coefficient (Wildman–Crippen LogP) is 7.64. The van der Waals surface area contributed by atoms with Gasteiger partial charge in [-0.2, -0.15) is 0 Å². The zero-order valence-electron chi connectivity index (χ0n) is 21.7. The first kappa shape index (κ1) is 27.0. The number of carbonyl (C=O) groups is 1. The van der Waals surface area contributed by atoms with Crippen LogP contribution in [0.25, 0.3) is 17.3 Å². The molecule has 3 aromatic carbocycles. The molecule has 0 aliphatic carbocycles. The second-order valence-corrected chi connectivity index (χ2v) is 11.5. The minimum absolute atomic E-state index is 0.177. The topological polar surface area (TPSA) is 85.8 Å². The third-order valence-corrected chi connectivity index (χ3v) is 8.58. The maximum atomic E-state index is 13.3. The van der Waals surface area contributed by atoms with Crippen LogP contribution in [0.1, 0.15) is 32.7 Å². The molecule has 0 spiro atoms. The van der Waals surface area contributed by atoms with Gasteiger partial charge in [-0.15, -0.1) is 21.5 Å². The third-order valence-electron chi connectivity index (χ3n) is 6.36. The van der Waals surface area contributed by atoms with Crippen LogP contribution in [0, 0.1) is 0 Å². The van der Waals surface area contributed by atoms with Crippen molar-refractivity contribution >= 4 is 40.6 Å². The van der Waals surface area contributed by atoms with Crippen LogP contribution < -0.4 is 5.32 Å². The zero-order valence-corrected chi connectivity index (χ0v) is 24.1. The summed E-state index contributed by atoms with van der Waals surface area (Å²) in [7, 11) is 0. The van der Waals surface area contributed by atoms with Crippen molar-refractivity contribution in [3.05, 3.63) is 136 Å². The Morgan fingerprint density at radius 1 is 0.951 bits per heavy atom. The van der Waals surface area contributed by atoms with E-state index in [1.165, 1.54) is 23.1 Å².